The number of hydrogen-bond acceptors (Lipinski definition) is 4. The molecule has 0 saturated heterocycles. The number of fused-ring (bicyclic) bond motifs is 2. The minimum Gasteiger partial charge on any atom is -0.450 e. The third kappa shape index (κ3) is 3.45. The van der Waals surface area contributed by atoms with Gasteiger partial charge in [-0.05, 0) is 57.2 Å². The van der Waals surface area contributed by atoms with E-state index in [4.69, 9.17) is 16.0 Å². The fourth-order valence-electron chi connectivity index (χ4n) is 3.91. The standard InChI is InChI=1S/C23H23ClN2O3/c1-14-12-18-16(13-17(14)24)21(27)19-20(15-8-5-4-6-9-15)26(11-7-10-25(2)3)23(28)22(19)29-18/h4-6,8-9,12-13,20H,7,10-11H2,1-3H3/t20-/m0/s1. The second kappa shape index (κ2) is 7.65. The molecule has 29 heavy (non-hydrogen) atoms. The summed E-state index contributed by atoms with van der Waals surface area (Å²) in [6.07, 6.45) is 0.800. The molecule has 0 unspecified atom stereocenters. The monoisotopic (exact) mass is 410 g/mol. The Balaban J connectivity index is 1.89. The van der Waals surface area contributed by atoms with Crippen molar-refractivity contribution in [3.63, 3.8) is 0 Å². The maximum Gasteiger partial charge on any atom is 0.290 e. The lowest BCUT2D eigenvalue weighted by Gasteiger charge is -2.25. The third-order valence-corrected chi connectivity index (χ3v) is 5.77. The lowest BCUT2D eigenvalue weighted by Crippen LogP contribution is -2.32. The summed E-state index contributed by atoms with van der Waals surface area (Å²) in [5, 5.41) is 0.913. The van der Waals surface area contributed by atoms with Crippen LogP contribution in [0.15, 0.2) is 51.7 Å². The zero-order valence-electron chi connectivity index (χ0n) is 16.7. The van der Waals surface area contributed by atoms with Crippen molar-refractivity contribution < 1.29 is 9.21 Å². The van der Waals surface area contributed by atoms with Gasteiger partial charge in [0.25, 0.3) is 5.91 Å². The number of aryl methyl sites for hydroxylation is 1. The summed E-state index contributed by atoms with van der Waals surface area (Å²) in [5.74, 6) is -0.0952. The molecular formula is C23H23ClN2O3. The quantitative estimate of drug-likeness (QED) is 0.631. The number of benzene rings is 2. The molecule has 0 aliphatic carbocycles. The van der Waals surface area contributed by atoms with E-state index >= 15 is 0 Å². The molecular weight excluding hydrogens is 388 g/mol. The van der Waals surface area contributed by atoms with Gasteiger partial charge >= 0.3 is 0 Å². The van der Waals surface area contributed by atoms with Gasteiger partial charge in [0.1, 0.15) is 5.58 Å². The van der Waals surface area contributed by atoms with Crippen molar-refractivity contribution in [3.8, 4) is 0 Å². The van der Waals surface area contributed by atoms with Crippen LogP contribution in [0.2, 0.25) is 5.02 Å². The van der Waals surface area contributed by atoms with Crippen LogP contribution >= 0.6 is 11.6 Å². The van der Waals surface area contributed by atoms with Crippen LogP contribution in [0.1, 0.15) is 39.7 Å². The van der Waals surface area contributed by atoms with Gasteiger partial charge in [0.2, 0.25) is 5.76 Å². The van der Waals surface area contributed by atoms with Gasteiger partial charge in [-0.15, -0.1) is 0 Å². The summed E-state index contributed by atoms with van der Waals surface area (Å²) >= 11 is 6.26. The van der Waals surface area contributed by atoms with Gasteiger partial charge in [0, 0.05) is 11.6 Å². The van der Waals surface area contributed by atoms with E-state index in [0.717, 1.165) is 24.1 Å². The van der Waals surface area contributed by atoms with Crippen LogP contribution < -0.4 is 5.43 Å². The van der Waals surface area contributed by atoms with Crippen molar-refractivity contribution in [1.29, 1.82) is 0 Å². The molecule has 0 fully saturated rings. The highest BCUT2D eigenvalue weighted by Gasteiger charge is 2.42. The average Bonchev–Trinajstić information content (AvgIpc) is 2.97. The molecule has 150 valence electrons. The number of carbonyl (C=O) groups excluding carboxylic acids is 1. The van der Waals surface area contributed by atoms with Crippen LogP contribution in [0.4, 0.5) is 0 Å². The molecule has 0 bridgehead atoms. The molecule has 1 aliphatic rings. The van der Waals surface area contributed by atoms with Crippen LogP contribution in [0.3, 0.4) is 0 Å². The Bertz CT molecular complexity index is 1140. The molecule has 3 aromatic rings. The van der Waals surface area contributed by atoms with Crippen molar-refractivity contribution in [2.24, 2.45) is 0 Å². The molecule has 1 aliphatic heterocycles. The zero-order chi connectivity index (χ0) is 20.7. The molecule has 4 rings (SSSR count). The molecule has 6 heteroatoms. The molecule has 5 nitrogen and oxygen atoms in total. The Labute approximate surface area is 174 Å². The first-order valence-corrected chi connectivity index (χ1v) is 10.0. The number of carbonyl (C=O) groups is 1. The Morgan fingerprint density at radius 3 is 2.55 bits per heavy atom. The van der Waals surface area contributed by atoms with Crippen molar-refractivity contribution in [2.45, 2.75) is 19.4 Å². The largest absolute Gasteiger partial charge is 0.450 e. The maximum atomic E-state index is 13.4. The molecule has 2 aromatic carbocycles. The van der Waals surface area contributed by atoms with Crippen LogP contribution in [0.25, 0.3) is 11.0 Å². The number of hydrogen-bond donors (Lipinski definition) is 0. The molecule has 1 aromatic heterocycles. The molecule has 0 N–H and O–H groups in total. The summed E-state index contributed by atoms with van der Waals surface area (Å²) < 4.78 is 5.98. The Kier molecular flexibility index (Phi) is 5.19. The number of amides is 1. The Morgan fingerprint density at radius 1 is 1.14 bits per heavy atom. The van der Waals surface area contributed by atoms with Crippen LogP contribution in [-0.4, -0.2) is 42.9 Å². The van der Waals surface area contributed by atoms with Gasteiger partial charge in [-0.25, -0.2) is 0 Å². The SMILES string of the molecule is Cc1cc2oc3c(c(=O)c2cc1Cl)[C@H](c1ccccc1)N(CCCN(C)C)C3=O. The van der Waals surface area contributed by atoms with Gasteiger partial charge in [-0.3, -0.25) is 9.59 Å². The summed E-state index contributed by atoms with van der Waals surface area (Å²) in [6, 6.07) is 12.5. The highest BCUT2D eigenvalue weighted by molar-refractivity contribution is 6.32. The second-order valence-electron chi connectivity index (χ2n) is 7.74. The van der Waals surface area contributed by atoms with E-state index in [9.17, 15) is 9.59 Å². The fourth-order valence-corrected chi connectivity index (χ4v) is 4.07. The first-order chi connectivity index (χ1) is 13.9. The Morgan fingerprint density at radius 2 is 1.86 bits per heavy atom. The summed E-state index contributed by atoms with van der Waals surface area (Å²) in [6.45, 7) is 3.23. The number of rotatable bonds is 5. The van der Waals surface area contributed by atoms with E-state index in [2.05, 4.69) is 4.90 Å². The van der Waals surface area contributed by atoms with E-state index in [1.165, 1.54) is 0 Å². The molecule has 0 spiro atoms. The fraction of sp³-hybridized carbons (Fsp3) is 0.304. The molecule has 0 saturated carbocycles. The van der Waals surface area contributed by atoms with E-state index in [1.807, 2.05) is 51.4 Å². The molecule has 1 atom stereocenters. The van der Waals surface area contributed by atoms with Gasteiger partial charge < -0.3 is 14.2 Å². The highest BCUT2D eigenvalue weighted by Crippen LogP contribution is 2.38. The predicted molar refractivity (Wildman–Crippen MR) is 115 cm³/mol. The first-order valence-electron chi connectivity index (χ1n) is 9.66. The van der Waals surface area contributed by atoms with Crippen LogP contribution in [-0.2, 0) is 0 Å². The van der Waals surface area contributed by atoms with Crippen LogP contribution in [0, 0.1) is 6.92 Å². The second-order valence-corrected chi connectivity index (χ2v) is 8.15. The van der Waals surface area contributed by atoms with Crippen LogP contribution in [0.5, 0.6) is 0 Å². The predicted octanol–water partition coefficient (Wildman–Crippen LogP) is 4.25. The summed E-state index contributed by atoms with van der Waals surface area (Å²) in [5.41, 5.74) is 2.30. The molecule has 1 amide bonds. The number of halogens is 1. The minimum absolute atomic E-state index is 0.142. The lowest BCUT2D eigenvalue weighted by atomic mass is 9.98. The van der Waals surface area contributed by atoms with Gasteiger partial charge in [-0.2, -0.15) is 0 Å². The Hall–Kier alpha value is -2.63. The highest BCUT2D eigenvalue weighted by atomic mass is 35.5. The lowest BCUT2D eigenvalue weighted by molar-refractivity contribution is 0.0722. The van der Waals surface area contributed by atoms with Gasteiger partial charge in [0.05, 0.1) is 17.0 Å². The van der Waals surface area contributed by atoms with Crippen molar-refractivity contribution in [2.75, 3.05) is 27.2 Å². The minimum atomic E-state index is -0.457. The van der Waals surface area contributed by atoms with Gasteiger partial charge in [0.15, 0.2) is 5.43 Å². The van der Waals surface area contributed by atoms with Crippen molar-refractivity contribution >= 4 is 28.5 Å². The maximum absolute atomic E-state index is 13.4. The van der Waals surface area contributed by atoms with Crippen molar-refractivity contribution in [1.82, 2.24) is 9.80 Å². The van der Waals surface area contributed by atoms with E-state index in [0.29, 0.717) is 28.1 Å². The average molecular weight is 411 g/mol. The van der Waals surface area contributed by atoms with Gasteiger partial charge in [-0.1, -0.05) is 41.9 Å². The zero-order valence-corrected chi connectivity index (χ0v) is 17.5. The number of nitrogens with zero attached hydrogens (tertiary/aromatic N) is 2. The van der Waals surface area contributed by atoms with Crippen molar-refractivity contribution in [3.05, 3.63) is 80.2 Å². The topological polar surface area (TPSA) is 53.8 Å². The molecule has 2 heterocycles. The third-order valence-electron chi connectivity index (χ3n) is 5.37. The van der Waals surface area contributed by atoms with E-state index in [1.54, 1.807) is 17.0 Å². The van der Waals surface area contributed by atoms with E-state index < -0.39 is 6.04 Å². The summed E-state index contributed by atoms with van der Waals surface area (Å²) in [4.78, 5) is 30.5. The normalized spacial score (nSPS) is 16.1. The molecule has 0 radical (unpaired) electrons. The van der Waals surface area contributed by atoms with E-state index in [-0.39, 0.29) is 17.1 Å². The smallest absolute Gasteiger partial charge is 0.290 e. The summed E-state index contributed by atoms with van der Waals surface area (Å²) in [7, 11) is 4.00. The first kappa shape index (κ1) is 19.7.